The molecule has 0 saturated heterocycles. The van der Waals surface area contributed by atoms with Gasteiger partial charge in [-0.3, -0.25) is 0 Å². The summed E-state index contributed by atoms with van der Waals surface area (Å²) in [6.07, 6.45) is -3.43. The molecule has 98 valence electrons. The van der Waals surface area contributed by atoms with E-state index in [4.69, 9.17) is 5.73 Å². The molecule has 0 fully saturated rings. The molecule has 1 rings (SSSR count). The number of alkyl halides is 3. The highest BCUT2D eigenvalue weighted by molar-refractivity contribution is 8.01. The van der Waals surface area contributed by atoms with Crippen LogP contribution in [0.4, 0.5) is 13.2 Å². The predicted octanol–water partition coefficient (Wildman–Crippen LogP) is 2.86. The minimum atomic E-state index is -4.32. The van der Waals surface area contributed by atoms with Crippen LogP contribution in [0.15, 0.2) is 4.34 Å². The van der Waals surface area contributed by atoms with Crippen LogP contribution in [0, 0.1) is 0 Å². The van der Waals surface area contributed by atoms with Crippen LogP contribution in [0.25, 0.3) is 0 Å². The first kappa shape index (κ1) is 14.7. The van der Waals surface area contributed by atoms with Gasteiger partial charge in [-0.05, 0) is 18.0 Å². The summed E-state index contributed by atoms with van der Waals surface area (Å²) in [4.78, 5) is 4.01. The van der Waals surface area contributed by atoms with Gasteiger partial charge in [0.1, 0.15) is 11.1 Å². The standard InChI is InChI=1S/C9H14F3N3S2/c1-3-5(13)7(9(10,11)12)16-8-14-6(4-2)15-17-8/h5,7H,3-4,13H2,1-2H3. The second kappa shape index (κ2) is 6.01. The van der Waals surface area contributed by atoms with Gasteiger partial charge in [0, 0.05) is 12.5 Å². The summed E-state index contributed by atoms with van der Waals surface area (Å²) >= 11 is 1.65. The average molecular weight is 285 g/mol. The topological polar surface area (TPSA) is 51.8 Å². The number of aromatic nitrogens is 2. The number of hydrogen-bond donors (Lipinski definition) is 1. The van der Waals surface area contributed by atoms with Crippen LogP contribution in [0.3, 0.4) is 0 Å². The number of thioether (sulfide) groups is 1. The van der Waals surface area contributed by atoms with E-state index < -0.39 is 17.5 Å². The van der Waals surface area contributed by atoms with Gasteiger partial charge in [0.2, 0.25) is 0 Å². The van der Waals surface area contributed by atoms with Gasteiger partial charge in [0.25, 0.3) is 0 Å². The maximum atomic E-state index is 12.8. The van der Waals surface area contributed by atoms with E-state index in [1.54, 1.807) is 6.92 Å². The molecule has 0 saturated carbocycles. The Morgan fingerprint density at radius 3 is 2.47 bits per heavy atom. The lowest BCUT2D eigenvalue weighted by Gasteiger charge is -2.23. The lowest BCUT2D eigenvalue weighted by Crippen LogP contribution is -2.42. The molecular weight excluding hydrogens is 271 g/mol. The van der Waals surface area contributed by atoms with Crippen LogP contribution >= 0.6 is 23.3 Å². The molecule has 2 atom stereocenters. The molecule has 0 radical (unpaired) electrons. The molecule has 0 spiro atoms. The largest absolute Gasteiger partial charge is 0.402 e. The first-order chi connectivity index (χ1) is 7.88. The zero-order valence-electron chi connectivity index (χ0n) is 9.49. The summed E-state index contributed by atoms with van der Waals surface area (Å²) in [6, 6.07) is -0.922. The Balaban J connectivity index is 2.79. The van der Waals surface area contributed by atoms with E-state index in [0.29, 0.717) is 28.3 Å². The molecule has 1 heterocycles. The fourth-order valence-corrected chi connectivity index (χ4v) is 3.12. The Bertz CT molecular complexity index is 354. The van der Waals surface area contributed by atoms with E-state index in [2.05, 4.69) is 9.36 Å². The van der Waals surface area contributed by atoms with Crippen molar-refractivity contribution in [3.05, 3.63) is 5.82 Å². The highest BCUT2D eigenvalue weighted by Crippen LogP contribution is 2.38. The quantitative estimate of drug-likeness (QED) is 0.845. The van der Waals surface area contributed by atoms with Gasteiger partial charge in [0.15, 0.2) is 4.34 Å². The van der Waals surface area contributed by atoms with E-state index >= 15 is 0 Å². The highest BCUT2D eigenvalue weighted by atomic mass is 32.2. The Hall–Kier alpha value is -0.340. The van der Waals surface area contributed by atoms with Gasteiger partial charge in [-0.1, -0.05) is 25.6 Å². The van der Waals surface area contributed by atoms with E-state index in [1.807, 2.05) is 6.92 Å². The molecule has 0 aliphatic carbocycles. The van der Waals surface area contributed by atoms with Crippen molar-refractivity contribution < 1.29 is 13.2 Å². The summed E-state index contributed by atoms with van der Waals surface area (Å²) in [6.45, 7) is 3.50. The monoisotopic (exact) mass is 285 g/mol. The fourth-order valence-electron chi connectivity index (χ4n) is 1.15. The van der Waals surface area contributed by atoms with Crippen LogP contribution < -0.4 is 5.73 Å². The average Bonchev–Trinajstić information content (AvgIpc) is 2.71. The summed E-state index contributed by atoms with van der Waals surface area (Å²) < 4.78 is 42.6. The van der Waals surface area contributed by atoms with Crippen molar-refractivity contribution in [2.45, 2.75) is 48.5 Å². The molecule has 0 amide bonds. The van der Waals surface area contributed by atoms with Crippen LogP contribution in [-0.2, 0) is 6.42 Å². The lowest BCUT2D eigenvalue weighted by atomic mass is 10.1. The van der Waals surface area contributed by atoms with Gasteiger partial charge >= 0.3 is 6.18 Å². The second-order valence-corrected chi connectivity index (χ2v) is 5.62. The van der Waals surface area contributed by atoms with Crippen molar-refractivity contribution >= 4 is 23.3 Å². The highest BCUT2D eigenvalue weighted by Gasteiger charge is 2.44. The number of halogens is 3. The second-order valence-electron chi connectivity index (χ2n) is 3.48. The Morgan fingerprint density at radius 1 is 1.41 bits per heavy atom. The first-order valence-electron chi connectivity index (χ1n) is 5.20. The van der Waals surface area contributed by atoms with Gasteiger partial charge in [-0.15, -0.1) is 0 Å². The number of nitrogens with zero attached hydrogens (tertiary/aromatic N) is 2. The van der Waals surface area contributed by atoms with Gasteiger partial charge in [-0.25, -0.2) is 4.98 Å². The van der Waals surface area contributed by atoms with E-state index in [-0.39, 0.29) is 6.42 Å². The molecular formula is C9H14F3N3S2. The number of aryl methyl sites for hydroxylation is 1. The minimum absolute atomic E-state index is 0.274. The molecule has 2 N–H and O–H groups in total. The molecule has 17 heavy (non-hydrogen) atoms. The molecule has 0 aliphatic rings. The van der Waals surface area contributed by atoms with Crippen LogP contribution in [0.2, 0.25) is 0 Å². The summed E-state index contributed by atoms with van der Waals surface area (Å²) in [7, 11) is 0. The van der Waals surface area contributed by atoms with Crippen LogP contribution in [-0.4, -0.2) is 26.8 Å². The van der Waals surface area contributed by atoms with E-state index in [9.17, 15) is 13.2 Å². The van der Waals surface area contributed by atoms with Gasteiger partial charge in [-0.2, -0.15) is 17.5 Å². The third-order valence-electron chi connectivity index (χ3n) is 2.18. The third-order valence-corrected chi connectivity index (χ3v) is 4.40. The molecule has 1 aromatic heterocycles. The Labute approximate surface area is 106 Å². The van der Waals surface area contributed by atoms with E-state index in [0.717, 1.165) is 11.5 Å². The van der Waals surface area contributed by atoms with Crippen LogP contribution in [0.1, 0.15) is 26.1 Å². The van der Waals surface area contributed by atoms with Gasteiger partial charge in [0.05, 0.1) is 0 Å². The zero-order chi connectivity index (χ0) is 13.1. The van der Waals surface area contributed by atoms with E-state index in [1.165, 1.54) is 0 Å². The molecule has 0 bridgehead atoms. The number of hydrogen-bond acceptors (Lipinski definition) is 5. The van der Waals surface area contributed by atoms with Crippen molar-refractivity contribution in [2.75, 3.05) is 0 Å². The molecule has 0 aliphatic heterocycles. The van der Waals surface area contributed by atoms with Gasteiger partial charge < -0.3 is 5.73 Å². The van der Waals surface area contributed by atoms with Crippen molar-refractivity contribution in [2.24, 2.45) is 5.73 Å². The van der Waals surface area contributed by atoms with Crippen molar-refractivity contribution in [3.63, 3.8) is 0 Å². The number of nitrogens with two attached hydrogens (primary N) is 1. The first-order valence-corrected chi connectivity index (χ1v) is 6.85. The lowest BCUT2D eigenvalue weighted by molar-refractivity contribution is -0.132. The molecule has 8 heteroatoms. The summed E-state index contributed by atoms with van der Waals surface area (Å²) in [5.41, 5.74) is 5.51. The maximum Gasteiger partial charge on any atom is 0.402 e. The normalized spacial score (nSPS) is 15.9. The van der Waals surface area contributed by atoms with Crippen molar-refractivity contribution in [1.29, 1.82) is 0 Å². The SMILES string of the molecule is CCc1nsc(SC(C(N)CC)C(F)(F)F)n1. The third kappa shape index (κ3) is 4.11. The summed E-state index contributed by atoms with van der Waals surface area (Å²) in [5.74, 6) is 0.573. The van der Waals surface area contributed by atoms with Crippen molar-refractivity contribution in [3.8, 4) is 0 Å². The minimum Gasteiger partial charge on any atom is -0.326 e. The Morgan fingerprint density at radius 2 is 2.06 bits per heavy atom. The predicted molar refractivity (Wildman–Crippen MR) is 63.3 cm³/mol. The van der Waals surface area contributed by atoms with Crippen molar-refractivity contribution in [1.82, 2.24) is 9.36 Å². The number of rotatable bonds is 5. The maximum absolute atomic E-state index is 12.8. The smallest absolute Gasteiger partial charge is 0.326 e. The zero-order valence-corrected chi connectivity index (χ0v) is 11.1. The van der Waals surface area contributed by atoms with Crippen LogP contribution in [0.5, 0.6) is 0 Å². The summed E-state index contributed by atoms with van der Waals surface area (Å²) in [5, 5.41) is -1.62. The molecule has 0 aromatic carbocycles. The molecule has 3 nitrogen and oxygen atoms in total. The Kier molecular flexibility index (Phi) is 5.21. The molecule has 2 unspecified atom stereocenters. The molecule has 1 aromatic rings. The fraction of sp³-hybridized carbons (Fsp3) is 0.778.